The van der Waals surface area contributed by atoms with E-state index in [1.54, 1.807) is 0 Å². The Morgan fingerprint density at radius 1 is 1.12 bits per heavy atom. The zero-order valence-corrected chi connectivity index (χ0v) is 16.5. The number of aliphatic hydroxyl groups is 1. The highest BCUT2D eigenvalue weighted by Crippen LogP contribution is 2.48. The standard InChI is InChI=1S/C20H27ClN2O2.ClH/c21-16-5-3-12(4-6-16)19(24)13-7-9-23(10-8-13)20(25)17-14-1-2-15(11-14)18(17)22;/h3-6,13-15,17-19,24H,1-2,7-11,22H2;1H. The summed E-state index contributed by atoms with van der Waals surface area (Å²) in [7, 11) is 0. The summed E-state index contributed by atoms with van der Waals surface area (Å²) in [6.45, 7) is 1.46. The molecule has 4 nitrogen and oxygen atoms in total. The molecule has 0 radical (unpaired) electrons. The van der Waals surface area contributed by atoms with Gasteiger partial charge in [0.1, 0.15) is 0 Å². The van der Waals surface area contributed by atoms with Gasteiger partial charge in [-0.25, -0.2) is 0 Å². The van der Waals surface area contributed by atoms with Crippen LogP contribution < -0.4 is 5.73 Å². The Bertz CT molecular complexity index is 629. The van der Waals surface area contributed by atoms with Crippen LogP contribution in [0.25, 0.3) is 0 Å². The van der Waals surface area contributed by atoms with E-state index in [1.807, 2.05) is 29.2 Å². The summed E-state index contributed by atoms with van der Waals surface area (Å²) >= 11 is 5.92. The average molecular weight is 399 g/mol. The summed E-state index contributed by atoms with van der Waals surface area (Å²) in [5.74, 6) is 1.56. The van der Waals surface area contributed by atoms with E-state index in [-0.39, 0.29) is 36.2 Å². The molecule has 1 aliphatic heterocycles. The molecule has 1 saturated heterocycles. The molecule has 3 aliphatic rings. The van der Waals surface area contributed by atoms with Gasteiger partial charge < -0.3 is 15.7 Å². The monoisotopic (exact) mass is 398 g/mol. The topological polar surface area (TPSA) is 66.6 Å². The Hall–Kier alpha value is -0.810. The summed E-state index contributed by atoms with van der Waals surface area (Å²) in [5, 5.41) is 11.3. The minimum Gasteiger partial charge on any atom is -0.388 e. The summed E-state index contributed by atoms with van der Waals surface area (Å²) in [4.78, 5) is 14.9. The Kier molecular flexibility index (Phi) is 6.18. The number of nitrogens with zero attached hydrogens (tertiary/aromatic N) is 1. The van der Waals surface area contributed by atoms with Crippen LogP contribution in [0, 0.1) is 23.7 Å². The molecule has 1 amide bonds. The predicted molar refractivity (Wildman–Crippen MR) is 105 cm³/mol. The van der Waals surface area contributed by atoms with Gasteiger partial charge >= 0.3 is 0 Å². The van der Waals surface area contributed by atoms with Gasteiger partial charge in [0.2, 0.25) is 5.91 Å². The molecule has 3 fully saturated rings. The fourth-order valence-electron chi connectivity index (χ4n) is 5.28. The Morgan fingerprint density at radius 3 is 2.31 bits per heavy atom. The van der Waals surface area contributed by atoms with Crippen molar-refractivity contribution in [3.05, 3.63) is 34.9 Å². The number of carbonyl (C=O) groups is 1. The zero-order chi connectivity index (χ0) is 17.6. The van der Waals surface area contributed by atoms with E-state index in [0.29, 0.717) is 16.9 Å². The predicted octanol–water partition coefficient (Wildman–Crippen LogP) is 3.41. The molecule has 1 aromatic carbocycles. The van der Waals surface area contributed by atoms with E-state index in [1.165, 1.54) is 12.8 Å². The van der Waals surface area contributed by atoms with Crippen molar-refractivity contribution < 1.29 is 9.90 Å². The molecule has 1 heterocycles. The fourth-order valence-corrected chi connectivity index (χ4v) is 5.41. The number of benzene rings is 1. The third kappa shape index (κ3) is 3.62. The maximum absolute atomic E-state index is 13.0. The third-order valence-electron chi connectivity index (χ3n) is 6.78. The van der Waals surface area contributed by atoms with Crippen molar-refractivity contribution >= 4 is 29.9 Å². The lowest BCUT2D eigenvalue weighted by Crippen LogP contribution is -2.49. The molecule has 0 spiro atoms. The minimum atomic E-state index is -0.487. The van der Waals surface area contributed by atoms with Crippen molar-refractivity contribution in [2.24, 2.45) is 29.4 Å². The first-order valence-electron chi connectivity index (χ1n) is 9.52. The van der Waals surface area contributed by atoms with Crippen LogP contribution in [0.15, 0.2) is 24.3 Å². The largest absolute Gasteiger partial charge is 0.388 e. The number of carbonyl (C=O) groups excluding carboxylic acids is 1. The van der Waals surface area contributed by atoms with Gasteiger partial charge in [0.25, 0.3) is 0 Å². The smallest absolute Gasteiger partial charge is 0.227 e. The van der Waals surface area contributed by atoms with Crippen molar-refractivity contribution in [2.75, 3.05) is 13.1 Å². The molecular formula is C20H28Cl2N2O2. The lowest BCUT2D eigenvalue weighted by molar-refractivity contribution is -0.139. The van der Waals surface area contributed by atoms with Crippen molar-refractivity contribution in [1.29, 1.82) is 0 Å². The van der Waals surface area contributed by atoms with Gasteiger partial charge in [-0.2, -0.15) is 0 Å². The lowest BCUT2D eigenvalue weighted by atomic mass is 9.82. The summed E-state index contributed by atoms with van der Waals surface area (Å²) < 4.78 is 0. The molecule has 26 heavy (non-hydrogen) atoms. The summed E-state index contributed by atoms with van der Waals surface area (Å²) in [6, 6.07) is 7.46. The van der Waals surface area contributed by atoms with Crippen molar-refractivity contribution in [3.63, 3.8) is 0 Å². The number of rotatable bonds is 3. The first-order valence-corrected chi connectivity index (χ1v) is 9.90. The summed E-state index contributed by atoms with van der Waals surface area (Å²) in [5.41, 5.74) is 7.24. The van der Waals surface area contributed by atoms with Crippen LogP contribution in [0.2, 0.25) is 5.02 Å². The molecule has 3 N–H and O–H groups in total. The highest BCUT2D eigenvalue weighted by atomic mass is 35.5. The molecule has 2 aliphatic carbocycles. The molecule has 6 heteroatoms. The van der Waals surface area contributed by atoms with Crippen LogP contribution in [0.4, 0.5) is 0 Å². The average Bonchev–Trinajstić information content (AvgIpc) is 3.22. The third-order valence-corrected chi connectivity index (χ3v) is 7.03. The van der Waals surface area contributed by atoms with E-state index in [0.717, 1.165) is 37.9 Å². The van der Waals surface area contributed by atoms with Gasteiger partial charge in [-0.1, -0.05) is 23.7 Å². The highest BCUT2D eigenvalue weighted by Gasteiger charge is 2.50. The van der Waals surface area contributed by atoms with E-state index in [9.17, 15) is 9.90 Å². The first kappa shape index (κ1) is 19.9. The van der Waals surface area contributed by atoms with Crippen molar-refractivity contribution in [3.8, 4) is 0 Å². The number of fused-ring (bicyclic) bond motifs is 2. The Balaban J connectivity index is 0.00000196. The zero-order valence-electron chi connectivity index (χ0n) is 14.9. The number of hydrogen-bond donors (Lipinski definition) is 2. The quantitative estimate of drug-likeness (QED) is 0.819. The molecule has 0 aromatic heterocycles. The van der Waals surface area contributed by atoms with Crippen LogP contribution in [0.1, 0.15) is 43.8 Å². The van der Waals surface area contributed by atoms with E-state index in [2.05, 4.69) is 0 Å². The molecule has 1 aromatic rings. The van der Waals surface area contributed by atoms with Crippen LogP contribution in [0.5, 0.6) is 0 Å². The maximum Gasteiger partial charge on any atom is 0.227 e. The van der Waals surface area contributed by atoms with Crippen molar-refractivity contribution in [1.82, 2.24) is 4.90 Å². The van der Waals surface area contributed by atoms with E-state index >= 15 is 0 Å². The molecule has 2 saturated carbocycles. The molecular weight excluding hydrogens is 371 g/mol. The fraction of sp³-hybridized carbons (Fsp3) is 0.650. The van der Waals surface area contributed by atoms with Crippen LogP contribution in [0.3, 0.4) is 0 Å². The number of hydrogen-bond acceptors (Lipinski definition) is 3. The Morgan fingerprint density at radius 2 is 1.73 bits per heavy atom. The van der Waals surface area contributed by atoms with Gasteiger partial charge in [0.15, 0.2) is 0 Å². The molecule has 2 bridgehead atoms. The number of nitrogens with two attached hydrogens (primary N) is 1. The normalized spacial score (nSPS) is 32.3. The van der Waals surface area contributed by atoms with Gasteiger partial charge in [0, 0.05) is 24.2 Å². The van der Waals surface area contributed by atoms with Crippen LogP contribution >= 0.6 is 24.0 Å². The molecule has 4 rings (SSSR count). The minimum absolute atomic E-state index is 0. The lowest BCUT2D eigenvalue weighted by Gasteiger charge is -2.38. The molecule has 5 unspecified atom stereocenters. The number of aliphatic hydroxyl groups excluding tert-OH is 1. The van der Waals surface area contributed by atoms with Gasteiger partial charge in [-0.3, -0.25) is 4.79 Å². The number of likely N-dealkylation sites (tertiary alicyclic amines) is 1. The molecule has 144 valence electrons. The second kappa shape index (κ2) is 8.05. The van der Waals surface area contributed by atoms with E-state index < -0.39 is 6.10 Å². The van der Waals surface area contributed by atoms with Gasteiger partial charge in [-0.05, 0) is 67.6 Å². The van der Waals surface area contributed by atoms with E-state index in [4.69, 9.17) is 17.3 Å². The number of piperidine rings is 1. The van der Waals surface area contributed by atoms with Gasteiger partial charge in [-0.15, -0.1) is 12.4 Å². The first-order chi connectivity index (χ1) is 12.0. The maximum atomic E-state index is 13.0. The second-order valence-electron chi connectivity index (χ2n) is 8.10. The highest BCUT2D eigenvalue weighted by molar-refractivity contribution is 6.30. The number of amides is 1. The summed E-state index contributed by atoms with van der Waals surface area (Å²) in [6.07, 6.45) is 4.70. The SMILES string of the molecule is Cl.NC1C2CCC(C2)C1C(=O)N1CCC(C(O)c2ccc(Cl)cc2)CC1. The van der Waals surface area contributed by atoms with Crippen LogP contribution in [-0.2, 0) is 4.79 Å². The van der Waals surface area contributed by atoms with Crippen LogP contribution in [-0.4, -0.2) is 35.0 Å². The van der Waals surface area contributed by atoms with Crippen molar-refractivity contribution in [2.45, 2.75) is 44.2 Å². The Labute approximate surface area is 166 Å². The van der Waals surface area contributed by atoms with Gasteiger partial charge in [0.05, 0.1) is 12.0 Å². The molecule has 5 atom stereocenters. The second-order valence-corrected chi connectivity index (χ2v) is 8.53. The number of halogens is 2.